The van der Waals surface area contributed by atoms with Crippen molar-refractivity contribution in [1.29, 1.82) is 0 Å². The van der Waals surface area contributed by atoms with Crippen LogP contribution in [0, 0.1) is 6.92 Å². The molecule has 0 spiro atoms. The van der Waals surface area contributed by atoms with Crippen LogP contribution >= 0.6 is 22.9 Å². The highest BCUT2D eigenvalue weighted by Gasteiger charge is 2.13. The van der Waals surface area contributed by atoms with Crippen molar-refractivity contribution in [3.05, 3.63) is 45.1 Å². The minimum atomic E-state index is -2.94. The number of carbonyl (C=O) groups excluding carboxylic acids is 1. The Morgan fingerprint density at radius 2 is 2.15 bits per heavy atom. The second kappa shape index (κ2) is 6.19. The predicted octanol–water partition coefficient (Wildman–Crippen LogP) is 4.56. The van der Waals surface area contributed by atoms with Gasteiger partial charge in [0.05, 0.1) is 9.90 Å². The summed E-state index contributed by atoms with van der Waals surface area (Å²) >= 11 is 7.13. The van der Waals surface area contributed by atoms with Crippen molar-refractivity contribution in [1.82, 2.24) is 0 Å². The van der Waals surface area contributed by atoms with Gasteiger partial charge in [-0.05, 0) is 42.1 Å². The molecule has 0 saturated carbocycles. The van der Waals surface area contributed by atoms with Gasteiger partial charge in [0.25, 0.3) is 5.91 Å². The standard InChI is InChI=1S/C13H10ClF2NO2S/c1-7-4-5-20-11(7)12(18)17-8-2-3-10(9(14)6-8)19-13(15)16/h2-6,13H,1H3,(H,17,18). The van der Waals surface area contributed by atoms with Gasteiger partial charge in [0, 0.05) is 5.69 Å². The topological polar surface area (TPSA) is 38.3 Å². The van der Waals surface area contributed by atoms with Crippen molar-refractivity contribution in [2.75, 3.05) is 5.32 Å². The number of rotatable bonds is 4. The van der Waals surface area contributed by atoms with Crippen LogP contribution in [-0.4, -0.2) is 12.5 Å². The molecule has 1 N–H and O–H groups in total. The number of hydrogen-bond donors (Lipinski definition) is 1. The molecule has 0 aliphatic heterocycles. The van der Waals surface area contributed by atoms with Gasteiger partial charge in [0.2, 0.25) is 0 Å². The van der Waals surface area contributed by atoms with Gasteiger partial charge in [-0.1, -0.05) is 11.6 Å². The van der Waals surface area contributed by atoms with Crippen molar-refractivity contribution in [3.63, 3.8) is 0 Å². The number of benzene rings is 1. The lowest BCUT2D eigenvalue weighted by atomic mass is 10.2. The highest BCUT2D eigenvalue weighted by Crippen LogP contribution is 2.29. The number of amides is 1. The fraction of sp³-hybridized carbons (Fsp3) is 0.154. The molecular formula is C13H10ClF2NO2S. The minimum absolute atomic E-state index is 0.00556. The number of thiophene rings is 1. The number of ether oxygens (including phenoxy) is 1. The number of halogens is 3. The zero-order chi connectivity index (χ0) is 14.7. The van der Waals surface area contributed by atoms with Crippen LogP contribution in [0.4, 0.5) is 14.5 Å². The van der Waals surface area contributed by atoms with Crippen LogP contribution in [0.3, 0.4) is 0 Å². The van der Waals surface area contributed by atoms with E-state index in [2.05, 4.69) is 10.1 Å². The number of anilines is 1. The summed E-state index contributed by atoms with van der Waals surface area (Å²) in [6.45, 7) is -1.11. The van der Waals surface area contributed by atoms with Gasteiger partial charge in [-0.3, -0.25) is 4.79 Å². The maximum Gasteiger partial charge on any atom is 0.387 e. The van der Waals surface area contributed by atoms with Gasteiger partial charge in [0.15, 0.2) is 0 Å². The molecule has 1 aromatic heterocycles. The molecule has 2 rings (SSSR count). The summed E-state index contributed by atoms with van der Waals surface area (Å²) in [5.41, 5.74) is 1.28. The molecule has 0 atom stereocenters. The molecule has 0 fully saturated rings. The molecule has 1 aromatic carbocycles. The SMILES string of the molecule is Cc1ccsc1C(=O)Nc1ccc(OC(F)F)c(Cl)c1. The third kappa shape index (κ3) is 3.46. The van der Waals surface area contributed by atoms with E-state index in [1.807, 2.05) is 18.4 Å². The summed E-state index contributed by atoms with van der Waals surface area (Å²) in [7, 11) is 0. The number of carbonyl (C=O) groups is 1. The molecule has 1 heterocycles. The van der Waals surface area contributed by atoms with E-state index in [1.54, 1.807) is 0 Å². The Labute approximate surface area is 123 Å². The van der Waals surface area contributed by atoms with Gasteiger partial charge in [0.1, 0.15) is 5.75 Å². The van der Waals surface area contributed by atoms with E-state index in [-0.39, 0.29) is 16.7 Å². The summed E-state index contributed by atoms with van der Waals surface area (Å²) in [6, 6.07) is 5.93. The van der Waals surface area contributed by atoms with Crippen molar-refractivity contribution in [2.24, 2.45) is 0 Å². The average Bonchev–Trinajstić information content (AvgIpc) is 2.78. The molecule has 3 nitrogen and oxygen atoms in total. The summed E-state index contributed by atoms with van der Waals surface area (Å²) < 4.78 is 28.4. The molecular weight excluding hydrogens is 308 g/mol. The first kappa shape index (κ1) is 14.7. The quantitative estimate of drug-likeness (QED) is 0.897. The Morgan fingerprint density at radius 3 is 2.70 bits per heavy atom. The summed E-state index contributed by atoms with van der Waals surface area (Å²) in [4.78, 5) is 12.6. The van der Waals surface area contributed by atoms with Crippen LogP contribution in [0.25, 0.3) is 0 Å². The molecule has 0 aliphatic carbocycles. The zero-order valence-corrected chi connectivity index (χ0v) is 11.9. The summed E-state index contributed by atoms with van der Waals surface area (Å²) in [5, 5.41) is 4.47. The first-order valence-corrected chi connectivity index (χ1v) is 6.83. The molecule has 0 radical (unpaired) electrons. The van der Waals surface area contributed by atoms with Gasteiger partial charge in [-0.2, -0.15) is 8.78 Å². The molecule has 0 bridgehead atoms. The van der Waals surface area contributed by atoms with Gasteiger partial charge < -0.3 is 10.1 Å². The summed E-state index contributed by atoms with van der Waals surface area (Å²) in [6.07, 6.45) is 0. The highest BCUT2D eigenvalue weighted by molar-refractivity contribution is 7.12. The van der Waals surface area contributed by atoms with Crippen LogP contribution in [0.15, 0.2) is 29.6 Å². The van der Waals surface area contributed by atoms with Crippen LogP contribution in [0.5, 0.6) is 5.75 Å². The van der Waals surface area contributed by atoms with Crippen LogP contribution < -0.4 is 10.1 Å². The van der Waals surface area contributed by atoms with Crippen LogP contribution in [0.2, 0.25) is 5.02 Å². The van der Waals surface area contributed by atoms with E-state index in [9.17, 15) is 13.6 Å². The Bertz CT molecular complexity index is 631. The van der Waals surface area contributed by atoms with Gasteiger partial charge in [-0.15, -0.1) is 11.3 Å². The van der Waals surface area contributed by atoms with E-state index in [0.717, 1.165) is 5.56 Å². The van der Waals surface area contributed by atoms with Crippen molar-refractivity contribution >= 4 is 34.5 Å². The maximum absolute atomic E-state index is 12.1. The summed E-state index contributed by atoms with van der Waals surface area (Å²) in [5.74, 6) is -0.400. The average molecular weight is 318 g/mol. The van der Waals surface area contributed by atoms with Gasteiger partial charge >= 0.3 is 6.61 Å². The Hall–Kier alpha value is -1.66. The molecule has 2 aromatic rings. The van der Waals surface area contributed by atoms with E-state index in [0.29, 0.717) is 10.6 Å². The zero-order valence-electron chi connectivity index (χ0n) is 10.3. The fourth-order valence-corrected chi connectivity index (χ4v) is 2.61. The lowest BCUT2D eigenvalue weighted by Gasteiger charge is -2.09. The first-order chi connectivity index (χ1) is 9.47. The Balaban J connectivity index is 2.13. The monoisotopic (exact) mass is 317 g/mol. The van der Waals surface area contributed by atoms with Gasteiger partial charge in [-0.25, -0.2) is 0 Å². The van der Waals surface area contributed by atoms with E-state index in [4.69, 9.17) is 11.6 Å². The molecule has 7 heteroatoms. The number of aryl methyl sites for hydroxylation is 1. The Kier molecular flexibility index (Phi) is 4.57. The van der Waals surface area contributed by atoms with Crippen molar-refractivity contribution < 1.29 is 18.3 Å². The molecule has 0 aliphatic rings. The smallest absolute Gasteiger partial charge is 0.387 e. The largest absolute Gasteiger partial charge is 0.433 e. The van der Waals surface area contributed by atoms with Crippen molar-refractivity contribution in [2.45, 2.75) is 13.5 Å². The van der Waals surface area contributed by atoms with E-state index in [1.165, 1.54) is 29.5 Å². The predicted molar refractivity (Wildman–Crippen MR) is 75.1 cm³/mol. The molecule has 20 heavy (non-hydrogen) atoms. The van der Waals surface area contributed by atoms with E-state index < -0.39 is 6.61 Å². The minimum Gasteiger partial charge on any atom is -0.433 e. The normalized spacial score (nSPS) is 10.7. The second-order valence-corrected chi connectivity index (χ2v) is 5.23. The van der Waals surface area contributed by atoms with E-state index >= 15 is 0 Å². The van der Waals surface area contributed by atoms with Crippen molar-refractivity contribution in [3.8, 4) is 5.75 Å². The molecule has 106 valence electrons. The van der Waals surface area contributed by atoms with Crippen LogP contribution in [-0.2, 0) is 0 Å². The first-order valence-electron chi connectivity index (χ1n) is 5.57. The van der Waals surface area contributed by atoms with Crippen LogP contribution in [0.1, 0.15) is 15.2 Å². The number of hydrogen-bond acceptors (Lipinski definition) is 3. The molecule has 0 saturated heterocycles. The highest BCUT2D eigenvalue weighted by atomic mass is 35.5. The molecule has 1 amide bonds. The maximum atomic E-state index is 12.1. The fourth-order valence-electron chi connectivity index (χ4n) is 1.56. The number of nitrogens with one attached hydrogen (secondary N) is 1. The Morgan fingerprint density at radius 1 is 1.40 bits per heavy atom. The third-order valence-corrected chi connectivity index (χ3v) is 3.78. The lowest BCUT2D eigenvalue weighted by molar-refractivity contribution is -0.0497. The number of alkyl halides is 2. The second-order valence-electron chi connectivity index (χ2n) is 3.91. The third-order valence-electron chi connectivity index (χ3n) is 2.47. The lowest BCUT2D eigenvalue weighted by Crippen LogP contribution is -2.11. The molecule has 0 unspecified atom stereocenters.